The van der Waals surface area contributed by atoms with Gasteiger partial charge in [-0.25, -0.2) is 4.79 Å². The summed E-state index contributed by atoms with van der Waals surface area (Å²) in [5.41, 5.74) is -0.288. The van der Waals surface area contributed by atoms with Crippen LogP contribution in [-0.2, 0) is 0 Å². The Bertz CT molecular complexity index is 471. The monoisotopic (exact) mass is 224 g/mol. The molecule has 2 aromatic heterocycles. The standard InChI is InChI=1S/C10H8O2S2/c1-7-5-8(6-9(11)12-7)14-10-3-2-4-13-10/h2-6H,1H3. The molecule has 2 heterocycles. The van der Waals surface area contributed by atoms with Crippen LogP contribution in [0.2, 0.25) is 0 Å². The average Bonchev–Trinajstić information content (AvgIpc) is 2.54. The van der Waals surface area contributed by atoms with Gasteiger partial charge in [0.2, 0.25) is 0 Å². The first kappa shape index (κ1) is 9.55. The molecule has 0 fully saturated rings. The predicted molar refractivity (Wildman–Crippen MR) is 58.2 cm³/mol. The number of hydrogen-bond donors (Lipinski definition) is 0. The molecule has 0 saturated carbocycles. The Balaban J connectivity index is 2.29. The first-order valence-electron chi connectivity index (χ1n) is 4.07. The van der Waals surface area contributed by atoms with E-state index in [1.165, 1.54) is 10.3 Å². The first-order valence-corrected chi connectivity index (χ1v) is 5.77. The van der Waals surface area contributed by atoms with Crippen molar-refractivity contribution in [3.8, 4) is 0 Å². The van der Waals surface area contributed by atoms with Crippen LogP contribution in [0.3, 0.4) is 0 Å². The number of hydrogen-bond acceptors (Lipinski definition) is 4. The van der Waals surface area contributed by atoms with Gasteiger partial charge in [0.15, 0.2) is 0 Å². The van der Waals surface area contributed by atoms with Crippen molar-refractivity contribution >= 4 is 23.1 Å². The summed E-state index contributed by atoms with van der Waals surface area (Å²) in [6.07, 6.45) is 0. The molecule has 0 unspecified atom stereocenters. The first-order chi connectivity index (χ1) is 6.74. The Morgan fingerprint density at radius 1 is 1.43 bits per heavy atom. The summed E-state index contributed by atoms with van der Waals surface area (Å²) in [4.78, 5) is 12.0. The van der Waals surface area contributed by atoms with Crippen molar-refractivity contribution in [1.82, 2.24) is 0 Å². The van der Waals surface area contributed by atoms with Crippen molar-refractivity contribution in [2.24, 2.45) is 0 Å². The molecule has 2 rings (SSSR count). The van der Waals surface area contributed by atoms with Crippen molar-refractivity contribution in [3.63, 3.8) is 0 Å². The van der Waals surface area contributed by atoms with Crippen LogP contribution in [0, 0.1) is 6.92 Å². The molecule has 2 aromatic rings. The minimum absolute atomic E-state index is 0.288. The van der Waals surface area contributed by atoms with Crippen LogP contribution < -0.4 is 5.63 Å². The van der Waals surface area contributed by atoms with Gasteiger partial charge in [-0.2, -0.15) is 0 Å². The van der Waals surface area contributed by atoms with Crippen LogP contribution in [0.25, 0.3) is 0 Å². The molecule has 0 radical (unpaired) electrons. The van der Waals surface area contributed by atoms with Crippen LogP contribution >= 0.6 is 23.1 Å². The van der Waals surface area contributed by atoms with Gasteiger partial charge in [0.1, 0.15) is 5.76 Å². The Kier molecular flexibility index (Phi) is 2.74. The lowest BCUT2D eigenvalue weighted by molar-refractivity contribution is 0.475. The summed E-state index contributed by atoms with van der Waals surface area (Å²) in [6.45, 7) is 1.78. The lowest BCUT2D eigenvalue weighted by Gasteiger charge is -1.97. The van der Waals surface area contributed by atoms with Crippen molar-refractivity contribution in [1.29, 1.82) is 0 Å². The number of aryl methyl sites for hydroxylation is 1. The van der Waals surface area contributed by atoms with Crippen LogP contribution in [0.4, 0.5) is 0 Å². The summed E-state index contributed by atoms with van der Waals surface area (Å²) in [5.74, 6) is 0.650. The quantitative estimate of drug-likeness (QED) is 0.785. The predicted octanol–water partition coefficient (Wildman–Crippen LogP) is 3.16. The van der Waals surface area contributed by atoms with E-state index >= 15 is 0 Å². The molecule has 14 heavy (non-hydrogen) atoms. The molecule has 0 aromatic carbocycles. The van der Waals surface area contributed by atoms with E-state index in [2.05, 4.69) is 0 Å². The largest absolute Gasteiger partial charge is 0.428 e. The topological polar surface area (TPSA) is 30.2 Å². The molecule has 0 saturated heterocycles. The fraction of sp³-hybridized carbons (Fsp3) is 0.100. The van der Waals surface area contributed by atoms with Crippen LogP contribution in [-0.4, -0.2) is 0 Å². The van der Waals surface area contributed by atoms with Crippen molar-refractivity contribution in [3.05, 3.63) is 45.8 Å². The van der Waals surface area contributed by atoms with Gasteiger partial charge >= 0.3 is 5.63 Å². The molecule has 0 aliphatic heterocycles. The molecule has 0 amide bonds. The summed E-state index contributed by atoms with van der Waals surface area (Å²) in [7, 11) is 0. The van der Waals surface area contributed by atoms with Crippen LogP contribution in [0.5, 0.6) is 0 Å². The highest BCUT2D eigenvalue weighted by Crippen LogP contribution is 2.30. The van der Waals surface area contributed by atoms with Crippen molar-refractivity contribution in [2.45, 2.75) is 16.0 Å². The van der Waals surface area contributed by atoms with Crippen LogP contribution in [0.1, 0.15) is 5.76 Å². The Morgan fingerprint density at radius 3 is 2.93 bits per heavy atom. The molecule has 72 valence electrons. The van der Waals surface area contributed by atoms with Gasteiger partial charge in [-0.3, -0.25) is 0 Å². The minimum atomic E-state index is -0.288. The average molecular weight is 224 g/mol. The van der Waals surface area contributed by atoms with Gasteiger partial charge in [0, 0.05) is 11.0 Å². The Hall–Kier alpha value is -1.00. The molecular formula is C10H8O2S2. The number of thiophene rings is 1. The van der Waals surface area contributed by atoms with Gasteiger partial charge in [0.05, 0.1) is 4.21 Å². The van der Waals surface area contributed by atoms with Gasteiger partial charge in [0.25, 0.3) is 0 Å². The van der Waals surface area contributed by atoms with E-state index in [-0.39, 0.29) is 5.63 Å². The Labute approximate surface area is 89.6 Å². The highest BCUT2D eigenvalue weighted by atomic mass is 32.2. The van der Waals surface area contributed by atoms with Gasteiger partial charge in [-0.05, 0) is 24.4 Å². The third-order valence-corrected chi connectivity index (χ3v) is 3.59. The van der Waals surface area contributed by atoms with E-state index in [0.717, 1.165) is 4.90 Å². The van der Waals surface area contributed by atoms with E-state index < -0.39 is 0 Å². The number of rotatable bonds is 2. The molecule has 0 aliphatic carbocycles. The van der Waals surface area contributed by atoms with E-state index in [9.17, 15) is 4.79 Å². The second-order valence-corrected chi connectivity index (χ2v) is 5.08. The van der Waals surface area contributed by atoms with E-state index in [4.69, 9.17) is 4.42 Å². The minimum Gasteiger partial charge on any atom is -0.428 e. The maximum absolute atomic E-state index is 11.1. The SMILES string of the molecule is Cc1cc(Sc2cccs2)cc(=O)o1. The van der Waals surface area contributed by atoms with E-state index in [0.29, 0.717) is 5.76 Å². The molecule has 0 atom stereocenters. The fourth-order valence-corrected chi connectivity index (χ4v) is 2.93. The second-order valence-electron chi connectivity index (χ2n) is 2.76. The van der Waals surface area contributed by atoms with Gasteiger partial charge in [-0.15, -0.1) is 11.3 Å². The Morgan fingerprint density at radius 2 is 2.29 bits per heavy atom. The van der Waals surface area contributed by atoms with Crippen molar-refractivity contribution < 1.29 is 4.42 Å². The fourth-order valence-electron chi connectivity index (χ4n) is 1.07. The third-order valence-electron chi connectivity index (χ3n) is 1.58. The normalized spacial score (nSPS) is 10.4. The zero-order chi connectivity index (χ0) is 9.97. The smallest absolute Gasteiger partial charge is 0.336 e. The molecule has 0 spiro atoms. The van der Waals surface area contributed by atoms with E-state index in [1.807, 2.05) is 23.6 Å². The zero-order valence-electron chi connectivity index (χ0n) is 7.52. The van der Waals surface area contributed by atoms with E-state index in [1.54, 1.807) is 30.0 Å². The molecule has 0 bridgehead atoms. The summed E-state index contributed by atoms with van der Waals surface area (Å²) >= 11 is 3.24. The molecular weight excluding hydrogens is 216 g/mol. The molecule has 4 heteroatoms. The summed E-state index contributed by atoms with van der Waals surface area (Å²) in [6, 6.07) is 7.40. The zero-order valence-corrected chi connectivity index (χ0v) is 9.15. The lowest BCUT2D eigenvalue weighted by Crippen LogP contribution is -1.97. The summed E-state index contributed by atoms with van der Waals surface area (Å²) in [5, 5.41) is 2.01. The van der Waals surface area contributed by atoms with Gasteiger partial charge in [-0.1, -0.05) is 17.8 Å². The maximum Gasteiger partial charge on any atom is 0.336 e. The lowest BCUT2D eigenvalue weighted by atomic mass is 10.4. The van der Waals surface area contributed by atoms with Crippen LogP contribution in [0.15, 0.2) is 48.0 Å². The highest BCUT2D eigenvalue weighted by Gasteiger charge is 2.01. The van der Waals surface area contributed by atoms with Gasteiger partial charge < -0.3 is 4.42 Å². The van der Waals surface area contributed by atoms with Crippen molar-refractivity contribution in [2.75, 3.05) is 0 Å². The molecule has 2 nitrogen and oxygen atoms in total. The maximum atomic E-state index is 11.1. The molecule has 0 N–H and O–H groups in total. The highest BCUT2D eigenvalue weighted by molar-refractivity contribution is 8.01. The molecule has 0 aliphatic rings. The summed E-state index contributed by atoms with van der Waals surface area (Å²) < 4.78 is 6.05. The second kappa shape index (κ2) is 4.02. The third kappa shape index (κ3) is 2.27.